The Balaban J connectivity index is 1.98. The van der Waals surface area contributed by atoms with Gasteiger partial charge in [0.2, 0.25) is 0 Å². The molecule has 0 aliphatic carbocycles. The number of rotatable bonds is 4. The lowest BCUT2D eigenvalue weighted by Crippen LogP contribution is -2.28. The van der Waals surface area contributed by atoms with Crippen LogP contribution in [0.15, 0.2) is 24.5 Å². The van der Waals surface area contributed by atoms with Crippen LogP contribution < -0.4 is 0 Å². The van der Waals surface area contributed by atoms with Crippen LogP contribution >= 0.6 is 11.3 Å². The van der Waals surface area contributed by atoms with Gasteiger partial charge < -0.3 is 4.90 Å². The molecule has 4 nitrogen and oxygen atoms in total. The zero-order valence-corrected chi connectivity index (χ0v) is 12.2. The maximum absolute atomic E-state index is 12.3. The molecule has 0 bridgehead atoms. The van der Waals surface area contributed by atoms with E-state index in [1.54, 1.807) is 17.3 Å². The van der Waals surface area contributed by atoms with Crippen LogP contribution in [-0.4, -0.2) is 34.4 Å². The van der Waals surface area contributed by atoms with E-state index in [0.717, 1.165) is 22.0 Å². The number of hydrogen-bond donors (Lipinski definition) is 0. The number of likely N-dealkylation sites (N-methyl/N-ethyl adjacent to an activating group) is 1. The zero-order chi connectivity index (χ0) is 13.8. The smallest absolute Gasteiger partial charge is 0.265 e. The van der Waals surface area contributed by atoms with Crippen LogP contribution in [-0.2, 0) is 6.42 Å². The molecule has 0 spiro atoms. The Kier molecular flexibility index (Phi) is 4.27. The van der Waals surface area contributed by atoms with Crippen molar-refractivity contribution in [3.8, 4) is 0 Å². The molecule has 0 saturated carbocycles. The quantitative estimate of drug-likeness (QED) is 0.861. The third kappa shape index (κ3) is 3.38. The summed E-state index contributed by atoms with van der Waals surface area (Å²) in [6.07, 6.45) is 4.38. The number of amides is 1. The lowest BCUT2D eigenvalue weighted by molar-refractivity contribution is 0.0800. The molecule has 2 heterocycles. The molecule has 2 rings (SSSR count). The van der Waals surface area contributed by atoms with Gasteiger partial charge in [-0.1, -0.05) is 0 Å². The molecule has 0 unspecified atom stereocenters. The summed E-state index contributed by atoms with van der Waals surface area (Å²) in [4.78, 5) is 23.1. The molecule has 0 atom stereocenters. The first-order valence-electron chi connectivity index (χ1n) is 6.16. The monoisotopic (exact) mass is 275 g/mol. The second kappa shape index (κ2) is 5.93. The number of pyridine rings is 1. The highest BCUT2D eigenvalue weighted by Crippen LogP contribution is 2.18. The number of carbonyl (C=O) groups excluding carboxylic acids is 1. The Morgan fingerprint density at radius 2 is 2.00 bits per heavy atom. The second-order valence-electron chi connectivity index (χ2n) is 4.48. The molecule has 0 N–H and O–H groups in total. The number of aryl methyl sites for hydroxylation is 2. The molecule has 0 saturated heterocycles. The fourth-order valence-electron chi connectivity index (χ4n) is 1.85. The minimum Gasteiger partial charge on any atom is -0.341 e. The predicted octanol–water partition coefficient (Wildman–Crippen LogP) is 2.47. The lowest BCUT2D eigenvalue weighted by atomic mass is 10.2. The summed E-state index contributed by atoms with van der Waals surface area (Å²) in [5.41, 5.74) is 2.01. The highest BCUT2D eigenvalue weighted by atomic mass is 32.1. The van der Waals surface area contributed by atoms with Crippen molar-refractivity contribution < 1.29 is 4.79 Å². The summed E-state index contributed by atoms with van der Waals surface area (Å²) in [7, 11) is 1.83. The van der Waals surface area contributed by atoms with Gasteiger partial charge in [-0.05, 0) is 38.0 Å². The molecular weight excluding hydrogens is 258 g/mol. The Morgan fingerprint density at radius 3 is 2.58 bits per heavy atom. The van der Waals surface area contributed by atoms with Crippen LogP contribution in [0.25, 0.3) is 0 Å². The van der Waals surface area contributed by atoms with Crippen molar-refractivity contribution in [1.82, 2.24) is 14.9 Å². The summed E-state index contributed by atoms with van der Waals surface area (Å²) in [5.74, 6) is 0.0529. The molecule has 1 amide bonds. The van der Waals surface area contributed by atoms with Gasteiger partial charge in [0.15, 0.2) is 0 Å². The summed E-state index contributed by atoms with van der Waals surface area (Å²) in [6, 6.07) is 3.95. The first-order chi connectivity index (χ1) is 9.08. The van der Waals surface area contributed by atoms with Gasteiger partial charge in [-0.2, -0.15) is 0 Å². The van der Waals surface area contributed by atoms with Gasteiger partial charge in [0.1, 0.15) is 4.88 Å². The average Bonchev–Trinajstić information content (AvgIpc) is 2.75. The molecule has 0 aromatic carbocycles. The van der Waals surface area contributed by atoms with Crippen molar-refractivity contribution in [3.05, 3.63) is 45.7 Å². The van der Waals surface area contributed by atoms with Crippen molar-refractivity contribution in [2.24, 2.45) is 0 Å². The van der Waals surface area contributed by atoms with E-state index in [2.05, 4.69) is 9.97 Å². The molecule has 0 aliphatic rings. The number of thiazole rings is 1. The van der Waals surface area contributed by atoms with Gasteiger partial charge in [-0.15, -0.1) is 11.3 Å². The van der Waals surface area contributed by atoms with Crippen LogP contribution in [0.5, 0.6) is 0 Å². The summed E-state index contributed by atoms with van der Waals surface area (Å²) < 4.78 is 0. The van der Waals surface area contributed by atoms with Gasteiger partial charge >= 0.3 is 0 Å². The summed E-state index contributed by atoms with van der Waals surface area (Å²) in [5, 5.41) is 0.934. The number of hydrogen-bond acceptors (Lipinski definition) is 4. The van der Waals surface area contributed by atoms with E-state index < -0.39 is 0 Å². The van der Waals surface area contributed by atoms with Gasteiger partial charge in [-0.3, -0.25) is 9.78 Å². The van der Waals surface area contributed by atoms with Crippen molar-refractivity contribution >= 4 is 17.2 Å². The van der Waals surface area contributed by atoms with Gasteiger partial charge in [0.05, 0.1) is 10.7 Å². The van der Waals surface area contributed by atoms with E-state index in [-0.39, 0.29) is 5.91 Å². The Labute approximate surface area is 117 Å². The van der Waals surface area contributed by atoms with Crippen LogP contribution in [0.1, 0.15) is 25.9 Å². The molecule has 2 aromatic heterocycles. The Bertz CT molecular complexity index is 565. The van der Waals surface area contributed by atoms with E-state index in [1.807, 2.05) is 33.0 Å². The molecule has 5 heteroatoms. The number of carbonyl (C=O) groups is 1. The third-order valence-electron chi connectivity index (χ3n) is 2.93. The molecule has 0 fully saturated rings. The zero-order valence-electron chi connectivity index (χ0n) is 11.4. The maximum atomic E-state index is 12.3. The molecule has 19 heavy (non-hydrogen) atoms. The first kappa shape index (κ1) is 13.7. The van der Waals surface area contributed by atoms with E-state index in [0.29, 0.717) is 6.54 Å². The maximum Gasteiger partial charge on any atom is 0.265 e. The minimum absolute atomic E-state index is 0.0529. The largest absolute Gasteiger partial charge is 0.341 e. The first-order valence-corrected chi connectivity index (χ1v) is 6.98. The van der Waals surface area contributed by atoms with Crippen LogP contribution in [0.3, 0.4) is 0 Å². The molecule has 2 aromatic rings. The van der Waals surface area contributed by atoms with Crippen molar-refractivity contribution in [2.75, 3.05) is 13.6 Å². The van der Waals surface area contributed by atoms with E-state index in [1.165, 1.54) is 16.9 Å². The molecule has 0 radical (unpaired) electrons. The van der Waals surface area contributed by atoms with Crippen LogP contribution in [0.4, 0.5) is 0 Å². The van der Waals surface area contributed by atoms with E-state index in [9.17, 15) is 4.79 Å². The summed E-state index contributed by atoms with van der Waals surface area (Å²) in [6.45, 7) is 4.50. The lowest BCUT2D eigenvalue weighted by Gasteiger charge is -2.16. The summed E-state index contributed by atoms with van der Waals surface area (Å²) >= 11 is 1.46. The van der Waals surface area contributed by atoms with E-state index >= 15 is 0 Å². The van der Waals surface area contributed by atoms with Crippen molar-refractivity contribution in [2.45, 2.75) is 20.3 Å². The van der Waals surface area contributed by atoms with Crippen molar-refractivity contribution in [1.29, 1.82) is 0 Å². The van der Waals surface area contributed by atoms with Gasteiger partial charge in [0, 0.05) is 26.0 Å². The van der Waals surface area contributed by atoms with Gasteiger partial charge in [-0.25, -0.2) is 4.98 Å². The highest BCUT2D eigenvalue weighted by molar-refractivity contribution is 7.13. The SMILES string of the molecule is Cc1nc(C)c(C(=O)N(C)CCc2ccncc2)s1. The number of aromatic nitrogens is 2. The average molecular weight is 275 g/mol. The highest BCUT2D eigenvalue weighted by Gasteiger charge is 2.17. The fourth-order valence-corrected chi connectivity index (χ4v) is 2.77. The van der Waals surface area contributed by atoms with Crippen LogP contribution in [0, 0.1) is 13.8 Å². The molecule has 0 aliphatic heterocycles. The normalized spacial score (nSPS) is 10.5. The standard InChI is InChI=1S/C14H17N3OS/c1-10-13(19-11(2)16-10)14(18)17(3)9-6-12-4-7-15-8-5-12/h4-5,7-8H,6,9H2,1-3H3. The predicted molar refractivity (Wildman–Crippen MR) is 76.5 cm³/mol. The second-order valence-corrected chi connectivity index (χ2v) is 5.68. The Morgan fingerprint density at radius 1 is 1.32 bits per heavy atom. The van der Waals surface area contributed by atoms with Crippen molar-refractivity contribution in [3.63, 3.8) is 0 Å². The molecular formula is C14H17N3OS. The molecule has 100 valence electrons. The Hall–Kier alpha value is -1.75. The van der Waals surface area contributed by atoms with Crippen LogP contribution in [0.2, 0.25) is 0 Å². The van der Waals surface area contributed by atoms with Gasteiger partial charge in [0.25, 0.3) is 5.91 Å². The fraction of sp³-hybridized carbons (Fsp3) is 0.357. The minimum atomic E-state index is 0.0529. The topological polar surface area (TPSA) is 46.1 Å². The van der Waals surface area contributed by atoms with E-state index in [4.69, 9.17) is 0 Å². The number of nitrogens with zero attached hydrogens (tertiary/aromatic N) is 3. The third-order valence-corrected chi connectivity index (χ3v) is 3.99.